The maximum Gasteiger partial charge on any atom is 0.270 e. The zero-order valence-corrected chi connectivity index (χ0v) is 12.6. The fraction of sp³-hybridized carbons (Fsp3) is 0.222. The molecule has 118 valence electrons. The maximum atomic E-state index is 13.1. The Morgan fingerprint density at radius 2 is 1.74 bits per heavy atom. The molecule has 0 radical (unpaired) electrons. The van der Waals surface area contributed by atoms with Crippen molar-refractivity contribution in [3.8, 4) is 0 Å². The molecule has 0 N–H and O–H groups in total. The standard InChI is InChI=1S/C18H17FN2O2/c19-15-8-6-14(7-9-15)13-16(18(23)20-10-3-4-11-20)21-12-2-1-5-17(21)22/h1-2,5-9,12-13H,3-4,10-11H2. The van der Waals surface area contributed by atoms with Gasteiger partial charge in [-0.25, -0.2) is 4.39 Å². The molecule has 3 rings (SSSR count). The van der Waals surface area contributed by atoms with Crippen LogP contribution in [0.2, 0.25) is 0 Å². The summed E-state index contributed by atoms with van der Waals surface area (Å²) >= 11 is 0. The van der Waals surface area contributed by atoms with Gasteiger partial charge in [-0.05, 0) is 42.7 Å². The van der Waals surface area contributed by atoms with Crippen molar-refractivity contribution in [2.75, 3.05) is 13.1 Å². The number of hydrogen-bond donors (Lipinski definition) is 0. The topological polar surface area (TPSA) is 42.3 Å². The molecule has 1 aliphatic heterocycles. The van der Waals surface area contributed by atoms with Crippen LogP contribution in [0.1, 0.15) is 18.4 Å². The van der Waals surface area contributed by atoms with Gasteiger partial charge in [0.25, 0.3) is 11.5 Å². The first kappa shape index (κ1) is 15.2. The van der Waals surface area contributed by atoms with Gasteiger partial charge in [-0.3, -0.25) is 14.2 Å². The Balaban J connectivity index is 2.06. The molecule has 1 saturated heterocycles. The third-order valence-electron chi connectivity index (χ3n) is 3.87. The van der Waals surface area contributed by atoms with E-state index in [9.17, 15) is 14.0 Å². The van der Waals surface area contributed by atoms with Crippen molar-refractivity contribution in [2.45, 2.75) is 12.8 Å². The number of hydrogen-bond acceptors (Lipinski definition) is 2. The van der Waals surface area contributed by atoms with Crippen LogP contribution < -0.4 is 5.56 Å². The largest absolute Gasteiger partial charge is 0.337 e. The lowest BCUT2D eigenvalue weighted by atomic mass is 10.1. The second kappa shape index (κ2) is 6.60. The zero-order valence-electron chi connectivity index (χ0n) is 12.6. The number of likely N-dealkylation sites (tertiary alicyclic amines) is 1. The highest BCUT2D eigenvalue weighted by Crippen LogP contribution is 2.17. The molecule has 4 nitrogen and oxygen atoms in total. The summed E-state index contributed by atoms with van der Waals surface area (Å²) in [5.41, 5.74) is 0.683. The molecule has 0 saturated carbocycles. The lowest BCUT2D eigenvalue weighted by Crippen LogP contribution is -2.33. The second-order valence-electron chi connectivity index (χ2n) is 5.49. The number of carbonyl (C=O) groups is 1. The van der Waals surface area contributed by atoms with E-state index in [2.05, 4.69) is 0 Å². The fourth-order valence-electron chi connectivity index (χ4n) is 2.66. The summed E-state index contributed by atoms with van der Waals surface area (Å²) in [4.78, 5) is 26.7. The molecule has 0 bridgehead atoms. The average Bonchev–Trinajstić information content (AvgIpc) is 3.09. The Labute approximate surface area is 133 Å². The van der Waals surface area contributed by atoms with Gasteiger partial charge in [0.1, 0.15) is 11.5 Å². The van der Waals surface area contributed by atoms with Gasteiger partial charge in [0, 0.05) is 25.4 Å². The number of pyridine rings is 1. The van der Waals surface area contributed by atoms with Crippen molar-refractivity contribution in [1.82, 2.24) is 9.47 Å². The highest BCUT2D eigenvalue weighted by atomic mass is 19.1. The van der Waals surface area contributed by atoms with Gasteiger partial charge in [-0.15, -0.1) is 0 Å². The number of nitrogens with zero attached hydrogens (tertiary/aromatic N) is 2. The lowest BCUT2D eigenvalue weighted by molar-refractivity contribution is -0.124. The van der Waals surface area contributed by atoms with Crippen molar-refractivity contribution in [2.24, 2.45) is 0 Å². The Morgan fingerprint density at radius 3 is 2.39 bits per heavy atom. The SMILES string of the molecule is O=C(C(=Cc1ccc(F)cc1)n1ccccc1=O)N1CCCC1. The summed E-state index contributed by atoms with van der Waals surface area (Å²) in [6.07, 6.45) is 5.14. The number of halogens is 1. The summed E-state index contributed by atoms with van der Waals surface area (Å²) in [6.45, 7) is 1.39. The molecule has 23 heavy (non-hydrogen) atoms. The monoisotopic (exact) mass is 312 g/mol. The minimum absolute atomic E-state index is 0.180. The number of aromatic nitrogens is 1. The van der Waals surface area contributed by atoms with Gasteiger partial charge in [-0.1, -0.05) is 18.2 Å². The van der Waals surface area contributed by atoms with E-state index in [-0.39, 0.29) is 23.0 Å². The van der Waals surface area contributed by atoms with Crippen LogP contribution in [0.5, 0.6) is 0 Å². The van der Waals surface area contributed by atoms with E-state index in [1.165, 1.54) is 22.8 Å². The van der Waals surface area contributed by atoms with Crippen LogP contribution in [0.15, 0.2) is 53.5 Å². The molecular weight excluding hydrogens is 295 g/mol. The smallest absolute Gasteiger partial charge is 0.270 e. The molecule has 1 aliphatic rings. The number of amides is 1. The van der Waals surface area contributed by atoms with Crippen LogP contribution in [-0.4, -0.2) is 28.5 Å². The fourth-order valence-corrected chi connectivity index (χ4v) is 2.66. The molecule has 1 aromatic heterocycles. The Bertz CT molecular complexity index is 787. The first-order valence-corrected chi connectivity index (χ1v) is 7.60. The Morgan fingerprint density at radius 1 is 1.04 bits per heavy atom. The van der Waals surface area contributed by atoms with Crippen LogP contribution in [0, 0.1) is 5.82 Å². The van der Waals surface area contributed by atoms with Gasteiger partial charge in [0.2, 0.25) is 0 Å². The second-order valence-corrected chi connectivity index (χ2v) is 5.49. The summed E-state index contributed by atoms with van der Waals surface area (Å²) in [7, 11) is 0. The molecule has 1 aromatic carbocycles. The van der Waals surface area contributed by atoms with E-state index in [1.807, 2.05) is 0 Å². The molecule has 0 aliphatic carbocycles. The van der Waals surface area contributed by atoms with Crippen LogP contribution in [0.4, 0.5) is 4.39 Å². The normalized spacial score (nSPS) is 15.0. The van der Waals surface area contributed by atoms with Gasteiger partial charge in [-0.2, -0.15) is 0 Å². The molecule has 0 spiro atoms. The van der Waals surface area contributed by atoms with Gasteiger partial charge >= 0.3 is 0 Å². The van der Waals surface area contributed by atoms with E-state index in [0.29, 0.717) is 18.7 Å². The predicted molar refractivity (Wildman–Crippen MR) is 87.1 cm³/mol. The molecule has 1 amide bonds. The molecule has 1 fully saturated rings. The van der Waals surface area contributed by atoms with Crippen molar-refractivity contribution in [3.05, 3.63) is 70.4 Å². The van der Waals surface area contributed by atoms with E-state index in [4.69, 9.17) is 0 Å². The minimum atomic E-state index is -0.341. The minimum Gasteiger partial charge on any atom is -0.337 e. The van der Waals surface area contributed by atoms with E-state index >= 15 is 0 Å². The lowest BCUT2D eigenvalue weighted by Gasteiger charge is -2.18. The van der Waals surface area contributed by atoms with Crippen LogP contribution in [0.3, 0.4) is 0 Å². The van der Waals surface area contributed by atoms with Crippen LogP contribution in [0.25, 0.3) is 11.8 Å². The molecular formula is C18H17FN2O2. The first-order valence-electron chi connectivity index (χ1n) is 7.60. The number of benzene rings is 1. The predicted octanol–water partition coefficient (Wildman–Crippen LogP) is 2.61. The van der Waals surface area contributed by atoms with Crippen molar-refractivity contribution < 1.29 is 9.18 Å². The van der Waals surface area contributed by atoms with Crippen molar-refractivity contribution in [3.63, 3.8) is 0 Å². The van der Waals surface area contributed by atoms with E-state index in [0.717, 1.165) is 12.8 Å². The quantitative estimate of drug-likeness (QED) is 0.818. The van der Waals surface area contributed by atoms with Crippen LogP contribution >= 0.6 is 0 Å². The number of carbonyl (C=O) groups excluding carboxylic acids is 1. The van der Waals surface area contributed by atoms with Crippen molar-refractivity contribution >= 4 is 17.7 Å². The first-order chi connectivity index (χ1) is 11.1. The average molecular weight is 312 g/mol. The van der Waals surface area contributed by atoms with Crippen LogP contribution in [-0.2, 0) is 4.79 Å². The summed E-state index contributed by atoms with van der Waals surface area (Å²) in [5, 5.41) is 0. The molecule has 0 atom stereocenters. The third kappa shape index (κ3) is 3.39. The number of rotatable bonds is 3. The van der Waals surface area contributed by atoms with E-state index in [1.54, 1.807) is 41.4 Å². The maximum absolute atomic E-state index is 13.1. The molecule has 0 unspecified atom stereocenters. The molecule has 2 aromatic rings. The molecule has 2 heterocycles. The van der Waals surface area contributed by atoms with Crippen molar-refractivity contribution in [1.29, 1.82) is 0 Å². The molecule has 5 heteroatoms. The summed E-state index contributed by atoms with van der Waals surface area (Å²) in [5.74, 6) is -0.522. The highest BCUT2D eigenvalue weighted by Gasteiger charge is 2.23. The summed E-state index contributed by atoms with van der Waals surface area (Å²) in [6, 6.07) is 10.6. The summed E-state index contributed by atoms with van der Waals surface area (Å²) < 4.78 is 14.4. The highest BCUT2D eigenvalue weighted by molar-refractivity contribution is 6.18. The van der Waals surface area contributed by atoms with E-state index < -0.39 is 0 Å². The Kier molecular flexibility index (Phi) is 4.37. The van der Waals surface area contributed by atoms with Gasteiger partial charge in [0.05, 0.1) is 0 Å². The zero-order chi connectivity index (χ0) is 16.2. The Hall–Kier alpha value is -2.69. The third-order valence-corrected chi connectivity index (χ3v) is 3.87. The van der Waals surface area contributed by atoms with Gasteiger partial charge in [0.15, 0.2) is 0 Å². The van der Waals surface area contributed by atoms with Gasteiger partial charge < -0.3 is 4.90 Å².